The van der Waals surface area contributed by atoms with E-state index in [1.165, 1.54) is 68.9 Å². The van der Waals surface area contributed by atoms with E-state index in [0.717, 1.165) is 19.4 Å². The molecular formula is C21H35N3. The van der Waals surface area contributed by atoms with Gasteiger partial charge in [0.05, 0.1) is 5.54 Å². The average Bonchev–Trinajstić information content (AvgIpc) is 3.38. The topological polar surface area (TPSA) is 61.9 Å². The quantitative estimate of drug-likeness (QED) is 0.273. The molecule has 0 bridgehead atoms. The van der Waals surface area contributed by atoms with Crippen LogP contribution in [0.3, 0.4) is 0 Å². The van der Waals surface area contributed by atoms with E-state index in [1.807, 2.05) is 0 Å². The second-order valence-corrected chi connectivity index (χ2v) is 7.39. The molecule has 0 aromatic heterocycles. The second-order valence-electron chi connectivity index (χ2n) is 7.39. The van der Waals surface area contributed by atoms with Crippen LogP contribution in [0.4, 0.5) is 0 Å². The maximum Gasteiger partial charge on any atom is 0.111 e. The van der Waals surface area contributed by atoms with Crippen LogP contribution in [-0.2, 0) is 13.0 Å². The van der Waals surface area contributed by atoms with Gasteiger partial charge in [-0.1, -0.05) is 76.1 Å². The molecule has 3 nitrogen and oxygen atoms in total. The van der Waals surface area contributed by atoms with Crippen LogP contribution in [0.25, 0.3) is 0 Å². The third-order valence-corrected chi connectivity index (χ3v) is 5.24. The minimum absolute atomic E-state index is 0.199. The molecule has 3 heteroatoms. The number of benzene rings is 1. The first-order valence-electron chi connectivity index (χ1n) is 9.83. The summed E-state index contributed by atoms with van der Waals surface area (Å²) in [5.74, 6) is 0.286. The first-order valence-corrected chi connectivity index (χ1v) is 9.83. The largest absolute Gasteiger partial charge is 0.386 e. The molecule has 134 valence electrons. The van der Waals surface area contributed by atoms with Crippen LogP contribution < -0.4 is 11.1 Å². The van der Waals surface area contributed by atoms with Crippen LogP contribution in [0.2, 0.25) is 0 Å². The Morgan fingerprint density at radius 2 is 1.50 bits per heavy atom. The number of aryl methyl sites for hydroxylation is 1. The fourth-order valence-electron chi connectivity index (χ4n) is 3.22. The molecule has 1 saturated carbocycles. The summed E-state index contributed by atoms with van der Waals surface area (Å²) in [6, 6.07) is 8.93. The van der Waals surface area contributed by atoms with Crippen LogP contribution in [0.15, 0.2) is 24.3 Å². The highest BCUT2D eigenvalue weighted by Crippen LogP contribution is 2.35. The van der Waals surface area contributed by atoms with E-state index < -0.39 is 0 Å². The Labute approximate surface area is 147 Å². The van der Waals surface area contributed by atoms with Gasteiger partial charge in [-0.2, -0.15) is 0 Å². The van der Waals surface area contributed by atoms with Gasteiger partial charge in [-0.05, 0) is 36.8 Å². The lowest BCUT2D eigenvalue weighted by atomic mass is 10.0. The molecule has 1 aromatic carbocycles. The molecule has 1 aliphatic carbocycles. The minimum Gasteiger partial charge on any atom is -0.386 e. The molecular weight excluding hydrogens is 294 g/mol. The zero-order valence-electron chi connectivity index (χ0n) is 15.4. The van der Waals surface area contributed by atoms with E-state index in [0.29, 0.717) is 0 Å². The Morgan fingerprint density at radius 3 is 2.04 bits per heavy atom. The maximum atomic E-state index is 7.63. The van der Waals surface area contributed by atoms with Crippen molar-refractivity contribution >= 4 is 5.84 Å². The van der Waals surface area contributed by atoms with E-state index in [9.17, 15) is 0 Å². The monoisotopic (exact) mass is 329 g/mol. The van der Waals surface area contributed by atoms with Crippen molar-refractivity contribution in [2.75, 3.05) is 0 Å². The van der Waals surface area contributed by atoms with Gasteiger partial charge in [-0.15, -0.1) is 0 Å². The van der Waals surface area contributed by atoms with E-state index in [2.05, 4.69) is 36.5 Å². The fraction of sp³-hybridized carbons (Fsp3) is 0.667. The van der Waals surface area contributed by atoms with Crippen molar-refractivity contribution in [1.82, 2.24) is 5.32 Å². The van der Waals surface area contributed by atoms with E-state index in [1.54, 1.807) is 0 Å². The molecule has 0 heterocycles. The zero-order valence-corrected chi connectivity index (χ0v) is 15.4. The number of rotatable bonds is 13. The number of hydrogen-bond acceptors (Lipinski definition) is 2. The lowest BCUT2D eigenvalue weighted by Gasteiger charge is -2.15. The van der Waals surface area contributed by atoms with Gasteiger partial charge in [-0.25, -0.2) is 0 Å². The summed E-state index contributed by atoms with van der Waals surface area (Å²) in [6.45, 7) is 3.08. The predicted octanol–water partition coefficient (Wildman–Crippen LogP) is 4.93. The van der Waals surface area contributed by atoms with Gasteiger partial charge in [0.1, 0.15) is 5.84 Å². The van der Waals surface area contributed by atoms with Gasteiger partial charge in [0, 0.05) is 6.54 Å². The Bertz CT molecular complexity index is 488. The third kappa shape index (κ3) is 6.27. The molecule has 0 spiro atoms. The molecule has 1 fully saturated rings. The molecule has 0 saturated heterocycles. The highest BCUT2D eigenvalue weighted by molar-refractivity contribution is 5.90. The Hall–Kier alpha value is -1.35. The van der Waals surface area contributed by atoms with E-state index in [-0.39, 0.29) is 11.4 Å². The Balaban J connectivity index is 1.58. The maximum absolute atomic E-state index is 7.63. The molecule has 0 unspecified atom stereocenters. The Morgan fingerprint density at radius 1 is 0.958 bits per heavy atom. The standard InChI is InChI=1S/C21H35N3/c1-2-3-4-5-6-7-8-9-10-18-11-13-19(14-12-18)17-24-21(15-16-21)20(22)23/h11-14,24H,2-10,15-17H2,1H3,(H3,22,23). The smallest absolute Gasteiger partial charge is 0.111 e. The van der Waals surface area contributed by atoms with Gasteiger partial charge in [0.25, 0.3) is 0 Å². The van der Waals surface area contributed by atoms with Crippen LogP contribution in [0.1, 0.15) is 82.3 Å². The summed E-state index contributed by atoms with van der Waals surface area (Å²) in [5.41, 5.74) is 8.18. The molecule has 0 amide bonds. The van der Waals surface area contributed by atoms with Gasteiger partial charge in [-0.3, -0.25) is 5.41 Å². The molecule has 1 aliphatic rings. The number of hydrogen-bond donors (Lipinski definition) is 3. The molecule has 0 aliphatic heterocycles. The molecule has 4 N–H and O–H groups in total. The van der Waals surface area contributed by atoms with E-state index >= 15 is 0 Å². The zero-order chi connectivity index (χ0) is 17.3. The molecule has 1 aromatic rings. The number of nitrogens with two attached hydrogens (primary N) is 1. The summed E-state index contributed by atoms with van der Waals surface area (Å²) >= 11 is 0. The first-order chi connectivity index (χ1) is 11.7. The van der Waals surface area contributed by atoms with Crippen molar-refractivity contribution in [3.63, 3.8) is 0 Å². The van der Waals surface area contributed by atoms with Crippen molar-refractivity contribution in [2.45, 2.75) is 89.6 Å². The predicted molar refractivity (Wildman–Crippen MR) is 103 cm³/mol. The third-order valence-electron chi connectivity index (χ3n) is 5.24. The molecule has 0 radical (unpaired) electrons. The van der Waals surface area contributed by atoms with Crippen LogP contribution in [0, 0.1) is 5.41 Å². The minimum atomic E-state index is -0.199. The van der Waals surface area contributed by atoms with Gasteiger partial charge < -0.3 is 11.1 Å². The number of nitrogens with one attached hydrogen (secondary N) is 2. The van der Waals surface area contributed by atoms with Crippen LogP contribution >= 0.6 is 0 Å². The van der Waals surface area contributed by atoms with Crippen LogP contribution in [-0.4, -0.2) is 11.4 Å². The van der Waals surface area contributed by atoms with Crippen LogP contribution in [0.5, 0.6) is 0 Å². The highest BCUT2D eigenvalue weighted by atomic mass is 15.1. The summed E-state index contributed by atoms with van der Waals surface area (Å²) in [6.07, 6.45) is 14.2. The summed E-state index contributed by atoms with van der Waals surface area (Å²) in [4.78, 5) is 0. The first kappa shape index (κ1) is 19.0. The summed E-state index contributed by atoms with van der Waals surface area (Å²) in [7, 11) is 0. The summed E-state index contributed by atoms with van der Waals surface area (Å²) in [5, 5.41) is 11.1. The highest BCUT2D eigenvalue weighted by Gasteiger charge is 2.45. The normalized spacial score (nSPS) is 15.4. The molecule has 2 rings (SSSR count). The fourth-order valence-corrected chi connectivity index (χ4v) is 3.22. The molecule has 24 heavy (non-hydrogen) atoms. The van der Waals surface area contributed by atoms with Crippen molar-refractivity contribution in [1.29, 1.82) is 5.41 Å². The SMILES string of the molecule is CCCCCCCCCCc1ccc(CNC2(C(=N)N)CC2)cc1. The number of amidine groups is 1. The van der Waals surface area contributed by atoms with Crippen molar-refractivity contribution in [2.24, 2.45) is 5.73 Å². The second kappa shape index (κ2) is 9.83. The van der Waals surface area contributed by atoms with E-state index in [4.69, 9.17) is 11.1 Å². The van der Waals surface area contributed by atoms with Crippen molar-refractivity contribution < 1.29 is 0 Å². The van der Waals surface area contributed by atoms with Gasteiger partial charge in [0.2, 0.25) is 0 Å². The lowest BCUT2D eigenvalue weighted by molar-refractivity contribution is 0.575. The lowest BCUT2D eigenvalue weighted by Crippen LogP contribution is -2.42. The van der Waals surface area contributed by atoms with Gasteiger partial charge in [0.15, 0.2) is 0 Å². The van der Waals surface area contributed by atoms with Crippen molar-refractivity contribution in [3.8, 4) is 0 Å². The van der Waals surface area contributed by atoms with Gasteiger partial charge >= 0.3 is 0 Å². The summed E-state index contributed by atoms with van der Waals surface area (Å²) < 4.78 is 0. The average molecular weight is 330 g/mol. The molecule has 0 atom stereocenters. The van der Waals surface area contributed by atoms with Crippen molar-refractivity contribution in [3.05, 3.63) is 35.4 Å². The number of unbranched alkanes of at least 4 members (excludes halogenated alkanes) is 7. The Kier molecular flexibility index (Phi) is 7.77.